The first-order chi connectivity index (χ1) is 5.65. The first-order valence-corrected chi connectivity index (χ1v) is 4.66. The Morgan fingerprint density at radius 2 is 2.17 bits per heavy atom. The van der Waals surface area contributed by atoms with Crippen LogP contribution in [0.15, 0.2) is 16.6 Å². The lowest BCUT2D eigenvalue weighted by Crippen LogP contribution is -1.98. The van der Waals surface area contributed by atoms with E-state index in [0.717, 1.165) is 10.0 Å². The number of aliphatic hydroxyl groups excluding tert-OH is 1. The highest BCUT2D eigenvalue weighted by Gasteiger charge is 2.04. The van der Waals surface area contributed by atoms with E-state index in [4.69, 9.17) is 22.4 Å². The number of hydrogen-bond donors (Lipinski definition) is 2. The van der Waals surface area contributed by atoms with E-state index in [2.05, 4.69) is 15.9 Å². The summed E-state index contributed by atoms with van der Waals surface area (Å²) in [5.41, 5.74) is 7.24. The van der Waals surface area contributed by atoms with Crippen molar-refractivity contribution in [3.63, 3.8) is 0 Å². The molecule has 0 aliphatic heterocycles. The van der Waals surface area contributed by atoms with Gasteiger partial charge in [-0.15, -0.1) is 0 Å². The second-order valence-electron chi connectivity index (χ2n) is 2.43. The molecule has 2 nitrogen and oxygen atoms in total. The molecule has 3 N–H and O–H groups in total. The minimum Gasteiger partial charge on any atom is -0.398 e. The van der Waals surface area contributed by atoms with Gasteiger partial charge in [-0.3, -0.25) is 0 Å². The van der Waals surface area contributed by atoms with Crippen LogP contribution in [0, 0.1) is 0 Å². The lowest BCUT2D eigenvalue weighted by atomic mass is 10.1. The van der Waals surface area contributed by atoms with Crippen molar-refractivity contribution < 1.29 is 5.11 Å². The van der Waals surface area contributed by atoms with Crippen LogP contribution in [0.4, 0.5) is 5.69 Å². The number of anilines is 1. The summed E-state index contributed by atoms with van der Waals surface area (Å²) >= 11 is 9.07. The highest BCUT2D eigenvalue weighted by atomic mass is 79.9. The summed E-state index contributed by atoms with van der Waals surface area (Å²) in [6, 6.07) is 3.50. The predicted octanol–water partition coefficient (Wildman–Crippen LogP) is 2.22. The highest BCUT2D eigenvalue weighted by Crippen LogP contribution is 2.27. The average Bonchev–Trinajstić information content (AvgIpc) is 2.00. The quantitative estimate of drug-likeness (QED) is 0.791. The van der Waals surface area contributed by atoms with Crippen molar-refractivity contribution in [2.75, 3.05) is 12.3 Å². The molecule has 0 atom stereocenters. The second-order valence-corrected chi connectivity index (χ2v) is 3.72. The third kappa shape index (κ3) is 2.12. The van der Waals surface area contributed by atoms with Crippen LogP contribution in [0.1, 0.15) is 5.56 Å². The molecule has 1 aromatic rings. The molecule has 0 unspecified atom stereocenters. The van der Waals surface area contributed by atoms with Gasteiger partial charge in [-0.25, -0.2) is 0 Å². The predicted molar refractivity (Wildman–Crippen MR) is 54.4 cm³/mol. The fourth-order valence-electron chi connectivity index (χ4n) is 0.965. The van der Waals surface area contributed by atoms with Crippen LogP contribution in [-0.2, 0) is 6.42 Å². The first kappa shape index (κ1) is 9.84. The normalized spacial score (nSPS) is 10.2. The van der Waals surface area contributed by atoms with Crippen molar-refractivity contribution >= 4 is 33.2 Å². The van der Waals surface area contributed by atoms with E-state index in [-0.39, 0.29) is 6.61 Å². The standard InChI is InChI=1S/C8H9BrClNO/c9-7-4-6(10)3-5(1-2-12)8(7)11/h3-4,12H,1-2,11H2. The summed E-state index contributed by atoms with van der Waals surface area (Å²) in [5, 5.41) is 9.34. The highest BCUT2D eigenvalue weighted by molar-refractivity contribution is 9.10. The fourth-order valence-corrected chi connectivity index (χ4v) is 1.84. The van der Waals surface area contributed by atoms with E-state index in [9.17, 15) is 0 Å². The van der Waals surface area contributed by atoms with Gasteiger partial charge in [-0.1, -0.05) is 11.6 Å². The number of rotatable bonds is 2. The number of benzene rings is 1. The number of aliphatic hydroxyl groups is 1. The smallest absolute Gasteiger partial charge is 0.0492 e. The fraction of sp³-hybridized carbons (Fsp3) is 0.250. The molecule has 0 heterocycles. The molecule has 0 radical (unpaired) electrons. The molecule has 0 bridgehead atoms. The van der Waals surface area contributed by atoms with Gasteiger partial charge in [0.05, 0.1) is 0 Å². The third-order valence-corrected chi connectivity index (χ3v) is 2.44. The van der Waals surface area contributed by atoms with E-state index in [1.54, 1.807) is 12.1 Å². The summed E-state index contributed by atoms with van der Waals surface area (Å²) < 4.78 is 0.776. The SMILES string of the molecule is Nc1c(Br)cc(Cl)cc1CCO. The van der Waals surface area contributed by atoms with Crippen molar-refractivity contribution in [1.82, 2.24) is 0 Å². The van der Waals surface area contributed by atoms with Gasteiger partial charge in [-0.05, 0) is 40.0 Å². The molecule has 0 aliphatic rings. The van der Waals surface area contributed by atoms with Crippen molar-refractivity contribution in [2.45, 2.75) is 6.42 Å². The van der Waals surface area contributed by atoms with Crippen LogP contribution >= 0.6 is 27.5 Å². The zero-order valence-electron chi connectivity index (χ0n) is 6.35. The molecule has 12 heavy (non-hydrogen) atoms. The molecule has 4 heteroatoms. The van der Waals surface area contributed by atoms with E-state index < -0.39 is 0 Å². The van der Waals surface area contributed by atoms with Crippen LogP contribution in [-0.4, -0.2) is 11.7 Å². The molecule has 1 aromatic carbocycles. The van der Waals surface area contributed by atoms with Crippen molar-refractivity contribution in [3.05, 3.63) is 27.2 Å². The van der Waals surface area contributed by atoms with E-state index >= 15 is 0 Å². The zero-order chi connectivity index (χ0) is 9.14. The molecule has 0 spiro atoms. The second kappa shape index (κ2) is 4.12. The Labute approximate surface area is 84.5 Å². The van der Waals surface area contributed by atoms with Gasteiger partial charge in [0.25, 0.3) is 0 Å². The maximum Gasteiger partial charge on any atom is 0.0492 e. The maximum absolute atomic E-state index is 8.71. The molecule has 0 amide bonds. The Balaban J connectivity index is 3.09. The first-order valence-electron chi connectivity index (χ1n) is 3.49. The minimum absolute atomic E-state index is 0.0803. The Morgan fingerprint density at radius 1 is 1.50 bits per heavy atom. The van der Waals surface area contributed by atoms with Gasteiger partial charge in [0.15, 0.2) is 0 Å². The summed E-state index contributed by atoms with van der Waals surface area (Å²) in [7, 11) is 0. The molecule has 0 saturated carbocycles. The summed E-state index contributed by atoms with van der Waals surface area (Å²) in [6.45, 7) is 0.0803. The number of halogens is 2. The van der Waals surface area contributed by atoms with Gasteiger partial charge < -0.3 is 10.8 Å². The lowest BCUT2D eigenvalue weighted by Gasteiger charge is -2.06. The lowest BCUT2D eigenvalue weighted by molar-refractivity contribution is 0.300. The number of hydrogen-bond acceptors (Lipinski definition) is 2. The summed E-state index contributed by atoms with van der Waals surface area (Å²) in [5.74, 6) is 0. The average molecular weight is 251 g/mol. The van der Waals surface area contributed by atoms with E-state index in [1.165, 1.54) is 0 Å². The van der Waals surface area contributed by atoms with Crippen molar-refractivity contribution in [1.29, 1.82) is 0 Å². The number of nitrogens with two attached hydrogens (primary N) is 1. The van der Waals surface area contributed by atoms with Gasteiger partial charge in [0.2, 0.25) is 0 Å². The largest absolute Gasteiger partial charge is 0.398 e. The topological polar surface area (TPSA) is 46.2 Å². The van der Waals surface area contributed by atoms with Crippen LogP contribution in [0.25, 0.3) is 0 Å². The third-order valence-electron chi connectivity index (χ3n) is 1.56. The Kier molecular flexibility index (Phi) is 3.38. The Morgan fingerprint density at radius 3 is 2.75 bits per heavy atom. The Bertz CT molecular complexity index is 291. The zero-order valence-corrected chi connectivity index (χ0v) is 8.69. The molecule has 66 valence electrons. The monoisotopic (exact) mass is 249 g/mol. The van der Waals surface area contributed by atoms with E-state index in [1.807, 2.05) is 0 Å². The van der Waals surface area contributed by atoms with Gasteiger partial charge in [0, 0.05) is 21.8 Å². The molecule has 1 rings (SSSR count). The van der Waals surface area contributed by atoms with Gasteiger partial charge >= 0.3 is 0 Å². The van der Waals surface area contributed by atoms with Crippen LogP contribution in [0.5, 0.6) is 0 Å². The minimum atomic E-state index is 0.0803. The Hall–Kier alpha value is -0.250. The molecule has 0 aromatic heterocycles. The van der Waals surface area contributed by atoms with Gasteiger partial charge in [-0.2, -0.15) is 0 Å². The van der Waals surface area contributed by atoms with Crippen molar-refractivity contribution in [3.8, 4) is 0 Å². The summed E-state index contributed by atoms with van der Waals surface area (Å²) in [4.78, 5) is 0. The van der Waals surface area contributed by atoms with E-state index in [0.29, 0.717) is 17.1 Å². The van der Waals surface area contributed by atoms with Crippen LogP contribution < -0.4 is 5.73 Å². The van der Waals surface area contributed by atoms with Gasteiger partial charge in [0.1, 0.15) is 0 Å². The number of nitrogen functional groups attached to an aromatic ring is 1. The molecular formula is C8H9BrClNO. The van der Waals surface area contributed by atoms with Crippen molar-refractivity contribution in [2.24, 2.45) is 0 Å². The maximum atomic E-state index is 8.71. The van der Waals surface area contributed by atoms with Crippen LogP contribution in [0.2, 0.25) is 5.02 Å². The van der Waals surface area contributed by atoms with Crippen LogP contribution in [0.3, 0.4) is 0 Å². The molecular weight excluding hydrogens is 241 g/mol. The summed E-state index contributed by atoms with van der Waals surface area (Å²) in [6.07, 6.45) is 0.533. The molecule has 0 aliphatic carbocycles. The molecule has 0 saturated heterocycles. The molecule has 0 fully saturated rings.